The summed E-state index contributed by atoms with van der Waals surface area (Å²) in [6, 6.07) is 18.8. The third-order valence-corrected chi connectivity index (χ3v) is 6.15. The van der Waals surface area contributed by atoms with Crippen LogP contribution in [-0.2, 0) is 59.9 Å². The van der Waals surface area contributed by atoms with Crippen molar-refractivity contribution in [1.29, 1.82) is 5.26 Å². The average molecular weight is 1630 g/mol. The Morgan fingerprint density at radius 1 is 0.750 bits per heavy atom. The molecule has 353 valence electrons. The minimum atomic E-state index is -0.0625. The van der Waals surface area contributed by atoms with Gasteiger partial charge in [-0.2, -0.15) is 11.3 Å². The van der Waals surface area contributed by atoms with E-state index in [2.05, 4.69) is 131 Å². The molecule has 0 aliphatic carbocycles. The van der Waals surface area contributed by atoms with Crippen molar-refractivity contribution in [2.45, 2.75) is 94.9 Å². The van der Waals surface area contributed by atoms with Crippen LogP contribution in [0.3, 0.4) is 0 Å². The molecule has 6 heterocycles. The molecule has 0 bridgehead atoms. The zero-order valence-electron chi connectivity index (χ0n) is 37.6. The van der Waals surface area contributed by atoms with Gasteiger partial charge in [0.05, 0.1) is 12.1 Å². The number of hydrogen-bond donors (Lipinski definition) is 2. The second kappa shape index (κ2) is 52.6. The molecule has 0 aliphatic heterocycles. The van der Waals surface area contributed by atoms with E-state index in [1.54, 1.807) is 31.6 Å². The van der Waals surface area contributed by atoms with Crippen LogP contribution in [0.1, 0.15) is 109 Å². The number of hydrogen-bond acceptors (Lipinski definition) is 16. The smallest absolute Gasteiger partial charge is 0.228 e. The van der Waals surface area contributed by atoms with Gasteiger partial charge in [0.25, 0.3) is 0 Å². The number of nitriles is 1. The van der Waals surface area contributed by atoms with Crippen molar-refractivity contribution in [2.75, 3.05) is 11.5 Å². The third kappa shape index (κ3) is 39.7. The molecule has 6 aromatic heterocycles. The van der Waals surface area contributed by atoms with E-state index in [1.807, 2.05) is 103 Å². The van der Waals surface area contributed by atoms with Crippen LogP contribution in [0.2, 0.25) is 0 Å². The van der Waals surface area contributed by atoms with Crippen LogP contribution in [0.5, 0.6) is 0 Å². The molecule has 0 unspecified atom stereocenters. The largest absolute Gasteiger partial charge is 0.378 e. The van der Waals surface area contributed by atoms with E-state index in [-0.39, 0.29) is 92.0 Å². The van der Waals surface area contributed by atoms with Gasteiger partial charge < -0.3 is 16.3 Å². The molecule has 0 atom stereocenters. The van der Waals surface area contributed by atoms with Gasteiger partial charge in [0.2, 0.25) is 17.2 Å². The number of carbonyl (C=O) groups is 3. The van der Waals surface area contributed by atoms with E-state index in [1.165, 1.54) is 13.8 Å². The summed E-state index contributed by atoms with van der Waals surface area (Å²) in [4.78, 5) is 47.2. The molecule has 0 amide bonds. The van der Waals surface area contributed by atoms with Gasteiger partial charge in [-0.1, -0.05) is 59.7 Å². The molecule has 16 nitrogen and oxygen atoms in total. The summed E-state index contributed by atoms with van der Waals surface area (Å²) in [5.74, 6) is 0.128. The van der Waals surface area contributed by atoms with Gasteiger partial charge in [-0.05, 0) is 79.0 Å². The Bertz CT molecular complexity index is 2040. The first-order valence-corrected chi connectivity index (χ1v) is 37.6. The molecule has 0 aliphatic rings. The first-order chi connectivity index (χ1) is 29.8. The molecule has 23 heteroatoms. The summed E-state index contributed by atoms with van der Waals surface area (Å²) in [7, 11) is 0. The van der Waals surface area contributed by atoms with E-state index in [0.29, 0.717) is 42.9 Å². The Hall–Kier alpha value is -1.41. The van der Waals surface area contributed by atoms with Crippen LogP contribution in [0.25, 0.3) is 11.2 Å². The molecule has 0 spiro atoms. The predicted octanol–water partition coefficient (Wildman–Crippen LogP) is 8.68. The monoisotopic (exact) mass is 1630 g/mol. The normalized spacial score (nSPS) is 8.33. The fourth-order valence-corrected chi connectivity index (χ4v) is 3.77. The summed E-state index contributed by atoms with van der Waals surface area (Å²) in [6.07, 6.45) is 7.28. The number of carbonyl (C=O) groups excluding carboxylic acids is 3. The number of rotatable bonds is 7. The fourth-order valence-electron chi connectivity index (χ4n) is 3.77. The zero-order valence-corrected chi connectivity index (χ0v) is 53.5. The molecular weight excluding hydrogens is 1580 g/mol. The van der Waals surface area contributed by atoms with Crippen molar-refractivity contribution in [3.63, 3.8) is 0 Å². The van der Waals surface area contributed by atoms with Gasteiger partial charge in [-0.3, -0.25) is 24.5 Å². The Labute approximate surface area is 473 Å². The van der Waals surface area contributed by atoms with Gasteiger partial charge in [-0.15, -0.1) is 35.7 Å². The second-order valence-corrected chi connectivity index (χ2v) is 26.9. The van der Waals surface area contributed by atoms with Crippen LogP contribution >= 0.6 is 98.4 Å². The molecule has 6 rings (SSSR count). The Morgan fingerprint density at radius 2 is 1.22 bits per heavy atom. The number of halogens is 6. The molecule has 0 fully saturated rings. The maximum Gasteiger partial charge on any atom is 0.228 e. The Kier molecular flexibility index (Phi) is 60.9. The summed E-state index contributed by atoms with van der Waals surface area (Å²) in [5, 5.41) is 21.9. The summed E-state index contributed by atoms with van der Waals surface area (Å²) >= 11 is 9.54. The van der Waals surface area contributed by atoms with E-state index < -0.39 is 0 Å². The summed E-state index contributed by atoms with van der Waals surface area (Å²) in [5.41, 5.74) is 17.2. The van der Waals surface area contributed by atoms with Crippen molar-refractivity contribution in [1.82, 2.24) is 40.6 Å². The van der Waals surface area contributed by atoms with E-state index in [9.17, 15) is 14.4 Å². The molecule has 4 N–H and O–H groups in total. The first kappa shape index (κ1) is 74.1. The van der Waals surface area contributed by atoms with E-state index in [4.69, 9.17) is 16.7 Å². The van der Waals surface area contributed by atoms with Gasteiger partial charge in [0.15, 0.2) is 5.52 Å². The topological polar surface area (TPSA) is 256 Å². The van der Waals surface area contributed by atoms with Crippen LogP contribution in [0.15, 0.2) is 82.4 Å². The molecule has 0 saturated carbocycles. The molecular formula is C41H57I6N11O5Y-2. The SMILES string of the molecule is CC.CC.CC.CC(=O)CC(C)=O.CC(=O)CCc1ccccn1.Cc1nc2nonc2c(N)c1Cc1ccccn1.I.II.I[I-]I.N#Cc1nonc1N.[CH2-]c1ccccn1.[Y]. The number of fused-ring (bicyclic) bond motifs is 1. The number of aromatic nitrogens is 8. The van der Waals surface area contributed by atoms with Crippen LogP contribution in [0.4, 0.5) is 11.5 Å². The van der Waals surface area contributed by atoms with Gasteiger partial charge in [-0.25, -0.2) is 21.2 Å². The molecule has 64 heavy (non-hydrogen) atoms. The molecule has 1 radical (unpaired) electrons. The van der Waals surface area contributed by atoms with Crippen molar-refractivity contribution < 1.29 is 69.6 Å². The number of nitrogen functional groups attached to an aromatic ring is 2. The van der Waals surface area contributed by atoms with Crippen molar-refractivity contribution in [3.8, 4) is 6.07 Å². The van der Waals surface area contributed by atoms with E-state index in [0.717, 1.165) is 34.8 Å². The summed E-state index contributed by atoms with van der Waals surface area (Å²) < 4.78 is 8.74. The van der Waals surface area contributed by atoms with Crippen molar-refractivity contribution in [2.24, 2.45) is 0 Å². The Morgan fingerprint density at radius 3 is 1.55 bits per heavy atom. The van der Waals surface area contributed by atoms with Crippen LogP contribution in [0, 0.1) is 25.2 Å². The maximum absolute atomic E-state index is 10.6. The first-order valence-electron chi connectivity index (χ1n) is 18.7. The van der Waals surface area contributed by atoms with Crippen molar-refractivity contribution >= 4 is 138 Å². The predicted molar refractivity (Wildman–Crippen MR) is 293 cm³/mol. The van der Waals surface area contributed by atoms with Crippen LogP contribution in [-0.4, -0.2) is 57.9 Å². The van der Waals surface area contributed by atoms with E-state index >= 15 is 0 Å². The van der Waals surface area contributed by atoms with Crippen LogP contribution < -0.4 is 24.7 Å². The number of anilines is 2. The molecule has 6 aromatic rings. The standard InChI is InChI=1S/C12H11N5O.C9H11NO.C6H6N.C5H8O2.C3H2N4O.3C2H6.I3.I2.HI.Y/c1-7-9(6-8-4-2-3-5-14-8)10(13)11-12(15-7)17-18-16-11;1-8(11)5-6-9-4-2-3-7-10-9;1-6-4-2-3-5-7-6;1-4(6)3-5(2)7;4-1-2-3(5)7-8-6-2;3*1-2;1-3-2;1-2;;/h2-5H,6,13H2,1H3;2-4,7H,5-6H2,1H3;2-5H,1H2;3H2,1-2H3;(H2,5,7);3*1-2H3;;;1H;/q;;-1;;;;;;-1;;;. The second-order valence-electron chi connectivity index (χ2n) is 10.6. The van der Waals surface area contributed by atoms with Gasteiger partial charge >= 0.3 is 50.5 Å². The third-order valence-electron chi connectivity index (χ3n) is 6.15. The molecule has 0 saturated heterocycles. The number of nitrogens with two attached hydrogens (primary N) is 2. The zero-order chi connectivity index (χ0) is 48.3. The maximum atomic E-state index is 10.6. The minimum Gasteiger partial charge on any atom is -0.378 e. The van der Waals surface area contributed by atoms with Gasteiger partial charge in [0, 0.05) is 124 Å². The Balaban J connectivity index is -0.000000161. The number of aryl methyl sites for hydroxylation is 2. The minimum absolute atomic E-state index is 0. The number of pyridine rings is 4. The number of Topliss-reactive ketones (excluding diaryl/α,β-unsaturated/α-hetero) is 3. The molecule has 0 aromatic carbocycles. The average Bonchev–Trinajstić information content (AvgIpc) is 3.95. The van der Waals surface area contributed by atoms with Gasteiger partial charge in [0.1, 0.15) is 23.4 Å². The van der Waals surface area contributed by atoms with Crippen molar-refractivity contribution in [3.05, 3.63) is 114 Å². The quantitative estimate of drug-likeness (QED) is 0.0861. The number of nitrogens with zero attached hydrogens (tertiary/aromatic N) is 9. The summed E-state index contributed by atoms with van der Waals surface area (Å²) in [6.45, 7) is 21.9. The fraction of sp³-hybridized carbons (Fsp3) is 0.341. The number of ketones is 3.